The highest BCUT2D eigenvalue weighted by molar-refractivity contribution is 5.97. The quantitative estimate of drug-likeness (QED) is 0.221. The third kappa shape index (κ3) is 5.08. The van der Waals surface area contributed by atoms with E-state index in [-0.39, 0.29) is 23.5 Å². The Hall–Kier alpha value is -5.20. The Morgan fingerprint density at radius 2 is 2.00 bits per heavy atom. The van der Waals surface area contributed by atoms with E-state index in [2.05, 4.69) is 36.1 Å². The van der Waals surface area contributed by atoms with E-state index in [4.69, 9.17) is 9.52 Å². The summed E-state index contributed by atoms with van der Waals surface area (Å²) < 4.78 is 5.90. The normalized spacial score (nSPS) is 14.7. The second-order valence-electron chi connectivity index (χ2n) is 9.59. The number of nitrogens with one attached hydrogen (secondary N) is 3. The van der Waals surface area contributed by atoms with Gasteiger partial charge in [0.25, 0.3) is 11.8 Å². The Balaban J connectivity index is 1.24. The molecule has 204 valence electrons. The van der Waals surface area contributed by atoms with Gasteiger partial charge in [0.1, 0.15) is 11.6 Å². The van der Waals surface area contributed by atoms with Crippen LogP contribution in [0.15, 0.2) is 53.1 Å². The van der Waals surface area contributed by atoms with E-state index in [1.165, 1.54) is 4.90 Å². The summed E-state index contributed by atoms with van der Waals surface area (Å²) in [6.07, 6.45) is 1.87. The molecule has 0 saturated carbocycles. The van der Waals surface area contributed by atoms with E-state index in [1.54, 1.807) is 30.5 Å². The first-order valence-corrected chi connectivity index (χ1v) is 12.8. The van der Waals surface area contributed by atoms with E-state index < -0.39 is 6.09 Å². The molecule has 0 atom stereocenters. The molecule has 4 aromatic rings. The van der Waals surface area contributed by atoms with Crippen LogP contribution in [0.25, 0.3) is 11.5 Å². The van der Waals surface area contributed by atoms with Gasteiger partial charge >= 0.3 is 6.09 Å². The summed E-state index contributed by atoms with van der Waals surface area (Å²) in [5.74, 6) is 1.30. The van der Waals surface area contributed by atoms with Crippen molar-refractivity contribution < 1.29 is 24.2 Å². The van der Waals surface area contributed by atoms with Crippen LogP contribution in [0.2, 0.25) is 0 Å². The summed E-state index contributed by atoms with van der Waals surface area (Å²) in [4.78, 5) is 33.6. The molecule has 1 fully saturated rings. The van der Waals surface area contributed by atoms with E-state index in [9.17, 15) is 14.7 Å². The molecule has 13 heteroatoms. The molecule has 1 saturated heterocycles. The lowest BCUT2D eigenvalue weighted by atomic mass is 10.00. The second-order valence-corrected chi connectivity index (χ2v) is 9.59. The van der Waals surface area contributed by atoms with Crippen molar-refractivity contribution in [3.63, 3.8) is 0 Å². The molecule has 0 spiro atoms. The fourth-order valence-corrected chi connectivity index (χ4v) is 4.71. The first kappa shape index (κ1) is 25.1. The highest BCUT2D eigenvalue weighted by Gasteiger charge is 2.35. The maximum atomic E-state index is 12.1. The number of hydrogen-bond donors (Lipinski definition) is 5. The molecule has 0 bridgehead atoms. The maximum Gasteiger partial charge on any atom is 0.407 e. The van der Waals surface area contributed by atoms with Crippen molar-refractivity contribution in [2.45, 2.75) is 18.8 Å². The zero-order valence-electron chi connectivity index (χ0n) is 21.3. The minimum absolute atomic E-state index is 0.0826. The second kappa shape index (κ2) is 10.5. The first-order chi connectivity index (χ1) is 19.4. The number of aromatic hydroxyl groups is 1. The fraction of sp³-hybridized carbons (Fsp3) is 0.259. The molecule has 0 radical (unpaired) electrons. The number of carbonyl (C=O) groups excluding carboxylic acids is 1. The number of carboxylic acid groups (broad SMARTS) is 1. The van der Waals surface area contributed by atoms with Gasteiger partial charge in [0.05, 0.1) is 11.5 Å². The number of nitrogens with zero attached hydrogens (tertiary/aromatic N) is 5. The highest BCUT2D eigenvalue weighted by Crippen LogP contribution is 2.32. The summed E-state index contributed by atoms with van der Waals surface area (Å²) in [7, 11) is 0. The molecule has 2 aromatic heterocycles. The Morgan fingerprint density at radius 1 is 1.15 bits per heavy atom. The molecule has 0 unspecified atom stereocenters. The number of aromatic nitrogens is 4. The van der Waals surface area contributed by atoms with Gasteiger partial charge in [-0.1, -0.05) is 18.2 Å². The van der Waals surface area contributed by atoms with Crippen LogP contribution in [0.4, 0.5) is 22.2 Å². The molecule has 6 rings (SSSR count). The average Bonchev–Trinajstić information content (AvgIpc) is 3.38. The average molecular weight is 543 g/mol. The Bertz CT molecular complexity index is 1580. The zero-order chi connectivity index (χ0) is 27.6. The number of amides is 2. The third-order valence-electron chi connectivity index (χ3n) is 6.93. The SMILES string of the molecule is O=C1NCCc2cc(Nc3ncc(-c4nnc(C5CN(C(=O)O)C5)o4)c(NCCc4ccccc4O)n3)ccc21. The lowest BCUT2D eigenvalue weighted by molar-refractivity contribution is 0.0944. The topological polar surface area (TPSA) is 179 Å². The zero-order valence-corrected chi connectivity index (χ0v) is 21.3. The van der Waals surface area contributed by atoms with Crippen molar-refractivity contribution in [2.75, 3.05) is 36.8 Å². The number of para-hydroxylation sites is 1. The van der Waals surface area contributed by atoms with Gasteiger partial charge in [0.15, 0.2) is 0 Å². The van der Waals surface area contributed by atoms with Crippen LogP contribution in [0.5, 0.6) is 5.75 Å². The summed E-state index contributed by atoms with van der Waals surface area (Å²) in [5.41, 5.74) is 3.62. The standard InChI is InChI=1S/C27H26N8O5/c36-21-4-2-1-3-15(21)7-9-28-22-20(25-34-33-24(40-25)17-13-35(14-17)27(38)39)12-30-26(32-22)31-18-5-6-19-16(11-18)8-10-29-23(19)37/h1-6,11-12,17,36H,7-10,13-14H2,(H,29,37)(H,38,39)(H2,28,30,31,32). The molecule has 4 heterocycles. The van der Waals surface area contributed by atoms with Crippen LogP contribution in [0.3, 0.4) is 0 Å². The molecule has 2 aromatic carbocycles. The number of rotatable bonds is 8. The lowest BCUT2D eigenvalue weighted by Crippen LogP contribution is -2.47. The van der Waals surface area contributed by atoms with Crippen molar-refractivity contribution in [3.8, 4) is 17.2 Å². The van der Waals surface area contributed by atoms with Crippen LogP contribution >= 0.6 is 0 Å². The van der Waals surface area contributed by atoms with Crippen LogP contribution in [-0.4, -0.2) is 73.5 Å². The molecule has 0 aliphatic carbocycles. The summed E-state index contributed by atoms with van der Waals surface area (Å²) in [5, 5.41) is 36.8. The number of carbonyl (C=O) groups is 2. The molecular formula is C27H26N8O5. The van der Waals surface area contributed by atoms with Gasteiger partial charge in [-0.25, -0.2) is 9.78 Å². The molecule has 5 N–H and O–H groups in total. The minimum Gasteiger partial charge on any atom is -0.508 e. The van der Waals surface area contributed by atoms with E-state index >= 15 is 0 Å². The van der Waals surface area contributed by atoms with E-state index in [1.807, 2.05) is 18.2 Å². The minimum atomic E-state index is -0.981. The lowest BCUT2D eigenvalue weighted by Gasteiger charge is -2.34. The predicted octanol–water partition coefficient (Wildman–Crippen LogP) is 2.99. The van der Waals surface area contributed by atoms with Crippen LogP contribution in [0, 0.1) is 0 Å². The van der Waals surface area contributed by atoms with Gasteiger partial charge in [-0.2, -0.15) is 4.98 Å². The van der Waals surface area contributed by atoms with Crippen LogP contribution < -0.4 is 16.0 Å². The number of phenols is 1. The first-order valence-electron chi connectivity index (χ1n) is 12.8. The summed E-state index contributed by atoms with van der Waals surface area (Å²) in [6, 6.07) is 12.6. The number of benzene rings is 2. The molecule has 2 amide bonds. The molecule has 2 aliphatic heterocycles. The van der Waals surface area contributed by atoms with Gasteiger partial charge in [-0.15, -0.1) is 10.2 Å². The number of fused-ring (bicyclic) bond motifs is 1. The largest absolute Gasteiger partial charge is 0.508 e. The molecule has 2 aliphatic rings. The number of phenolic OH excluding ortho intramolecular Hbond substituents is 1. The van der Waals surface area contributed by atoms with Gasteiger partial charge in [-0.3, -0.25) is 4.79 Å². The monoisotopic (exact) mass is 542 g/mol. The van der Waals surface area contributed by atoms with Crippen LogP contribution in [0.1, 0.15) is 33.3 Å². The maximum absolute atomic E-state index is 12.1. The van der Waals surface area contributed by atoms with Crippen molar-refractivity contribution >= 4 is 29.5 Å². The van der Waals surface area contributed by atoms with Gasteiger partial charge in [-0.05, 0) is 48.2 Å². The molecule has 13 nitrogen and oxygen atoms in total. The van der Waals surface area contributed by atoms with Crippen molar-refractivity contribution in [1.29, 1.82) is 0 Å². The molecular weight excluding hydrogens is 516 g/mol. The highest BCUT2D eigenvalue weighted by atomic mass is 16.4. The Kier molecular flexibility index (Phi) is 6.60. The third-order valence-corrected chi connectivity index (χ3v) is 6.93. The summed E-state index contributed by atoms with van der Waals surface area (Å²) >= 11 is 0. The molecule has 40 heavy (non-hydrogen) atoms. The van der Waals surface area contributed by atoms with Crippen LogP contribution in [-0.2, 0) is 12.8 Å². The van der Waals surface area contributed by atoms with Crippen molar-refractivity contribution in [1.82, 2.24) is 30.4 Å². The number of hydrogen-bond acceptors (Lipinski definition) is 10. The Labute approximate surface area is 228 Å². The van der Waals surface area contributed by atoms with Crippen molar-refractivity contribution in [2.24, 2.45) is 0 Å². The van der Waals surface area contributed by atoms with Crippen molar-refractivity contribution in [3.05, 3.63) is 71.2 Å². The van der Waals surface area contributed by atoms with Gasteiger partial charge in [0, 0.05) is 43.6 Å². The number of anilines is 3. The fourth-order valence-electron chi connectivity index (χ4n) is 4.71. The Morgan fingerprint density at radius 3 is 2.83 bits per heavy atom. The van der Waals surface area contributed by atoms with E-state index in [0.717, 1.165) is 23.2 Å². The number of likely N-dealkylation sites (tertiary alicyclic amines) is 1. The predicted molar refractivity (Wildman–Crippen MR) is 144 cm³/mol. The van der Waals surface area contributed by atoms with Gasteiger partial charge < -0.3 is 35.5 Å². The van der Waals surface area contributed by atoms with E-state index in [0.29, 0.717) is 61.4 Å². The van der Waals surface area contributed by atoms with Gasteiger partial charge in [0.2, 0.25) is 11.8 Å². The smallest absolute Gasteiger partial charge is 0.407 e. The summed E-state index contributed by atoms with van der Waals surface area (Å²) in [6.45, 7) is 1.63.